The molecule has 0 spiro atoms. The van der Waals surface area contributed by atoms with Gasteiger partial charge in [0.2, 0.25) is 0 Å². The van der Waals surface area contributed by atoms with Crippen molar-refractivity contribution in [2.24, 2.45) is 0 Å². The zero-order valence-corrected chi connectivity index (χ0v) is 9.19. The lowest BCUT2D eigenvalue weighted by atomic mass is 10.1. The molecule has 0 fully saturated rings. The van der Waals surface area contributed by atoms with Gasteiger partial charge in [0.05, 0.1) is 0 Å². The van der Waals surface area contributed by atoms with E-state index in [4.69, 9.17) is 0 Å². The van der Waals surface area contributed by atoms with E-state index < -0.39 is 0 Å². The summed E-state index contributed by atoms with van der Waals surface area (Å²) in [5.74, 6) is 0.297. The molecule has 0 saturated heterocycles. The van der Waals surface area contributed by atoms with Gasteiger partial charge < -0.3 is 0 Å². The van der Waals surface area contributed by atoms with E-state index in [0.29, 0.717) is 5.78 Å². The summed E-state index contributed by atoms with van der Waals surface area (Å²) >= 11 is 1.75. The van der Waals surface area contributed by atoms with E-state index in [1.54, 1.807) is 11.3 Å². The zero-order valence-electron chi connectivity index (χ0n) is 8.38. The molecule has 2 heteroatoms. The summed E-state index contributed by atoms with van der Waals surface area (Å²) in [6, 6.07) is 2.12. The average Bonchev–Trinajstić information content (AvgIpc) is 2.45. The Morgan fingerprint density at radius 1 is 1.29 bits per heavy atom. The summed E-state index contributed by atoms with van der Waals surface area (Å²) in [6.45, 7) is 2.11. The monoisotopic (exact) mass is 206 g/mol. The minimum absolute atomic E-state index is 0.297. The fourth-order valence-corrected chi connectivity index (χ4v) is 2.81. The molecule has 1 heterocycles. The Kier molecular flexibility index (Phi) is 2.82. The van der Waals surface area contributed by atoms with Gasteiger partial charge in [0.25, 0.3) is 0 Å². The van der Waals surface area contributed by atoms with Crippen LogP contribution in [0.4, 0.5) is 0 Å². The molecule has 0 radical (unpaired) electrons. The summed E-state index contributed by atoms with van der Waals surface area (Å²) in [6.07, 6.45) is 5.84. The van der Waals surface area contributed by atoms with Gasteiger partial charge in [0.1, 0.15) is 0 Å². The second-order valence-electron chi connectivity index (χ2n) is 3.78. The lowest BCUT2D eigenvalue weighted by Gasteiger charge is -2.02. The van der Waals surface area contributed by atoms with Gasteiger partial charge in [-0.25, -0.2) is 0 Å². The van der Waals surface area contributed by atoms with E-state index >= 15 is 0 Å². The van der Waals surface area contributed by atoms with Crippen LogP contribution < -0.4 is 0 Å². The highest BCUT2D eigenvalue weighted by Crippen LogP contribution is 2.30. The minimum Gasteiger partial charge on any atom is -0.295 e. The van der Waals surface area contributed by atoms with Crippen molar-refractivity contribution in [3.05, 3.63) is 28.0 Å². The summed E-state index contributed by atoms with van der Waals surface area (Å²) < 4.78 is 0. The van der Waals surface area contributed by atoms with Gasteiger partial charge in [0.15, 0.2) is 5.78 Å². The van der Waals surface area contributed by atoms with Crippen molar-refractivity contribution < 1.29 is 4.79 Å². The molecule has 0 unspecified atom stereocenters. The first-order chi connectivity index (χ1) is 6.77. The third-order valence-corrected chi connectivity index (χ3v) is 3.70. The third-order valence-electron chi connectivity index (χ3n) is 2.61. The maximum absolute atomic E-state index is 11.4. The third kappa shape index (κ3) is 1.95. The number of aryl methyl sites for hydroxylation is 1. The molecule has 1 aliphatic rings. The molecule has 0 N–H and O–H groups in total. The van der Waals surface area contributed by atoms with E-state index in [1.165, 1.54) is 16.0 Å². The number of rotatable bonds is 1. The molecule has 1 aliphatic carbocycles. The van der Waals surface area contributed by atoms with Crippen molar-refractivity contribution in [3.63, 3.8) is 0 Å². The maximum Gasteiger partial charge on any atom is 0.156 e. The Morgan fingerprint density at radius 3 is 2.79 bits per heavy atom. The van der Waals surface area contributed by atoms with Crippen molar-refractivity contribution in [2.75, 3.05) is 0 Å². The summed E-state index contributed by atoms with van der Waals surface area (Å²) in [7, 11) is 0. The van der Waals surface area contributed by atoms with Crippen molar-refractivity contribution >= 4 is 22.7 Å². The van der Waals surface area contributed by atoms with E-state index in [2.05, 4.69) is 18.4 Å². The van der Waals surface area contributed by atoms with Crippen molar-refractivity contribution in [1.82, 2.24) is 0 Å². The molecule has 14 heavy (non-hydrogen) atoms. The Labute approximate surface area is 88.5 Å². The van der Waals surface area contributed by atoms with Crippen LogP contribution in [0.25, 0.3) is 5.57 Å². The maximum atomic E-state index is 11.4. The summed E-state index contributed by atoms with van der Waals surface area (Å²) in [5.41, 5.74) is 2.55. The lowest BCUT2D eigenvalue weighted by Crippen LogP contribution is -1.90. The van der Waals surface area contributed by atoms with Crippen LogP contribution in [-0.2, 0) is 4.79 Å². The smallest absolute Gasteiger partial charge is 0.156 e. The topological polar surface area (TPSA) is 17.1 Å². The predicted octanol–water partition coefficient (Wildman–Crippen LogP) is 3.58. The highest BCUT2D eigenvalue weighted by Gasteiger charge is 2.12. The van der Waals surface area contributed by atoms with Crippen LogP contribution in [0.1, 0.15) is 36.1 Å². The molecular formula is C12H14OS. The lowest BCUT2D eigenvalue weighted by molar-refractivity contribution is -0.114. The molecule has 0 amide bonds. The summed E-state index contributed by atoms with van der Waals surface area (Å²) in [5, 5.41) is 2.10. The molecule has 1 nitrogen and oxygen atoms in total. The number of hydrogen-bond acceptors (Lipinski definition) is 2. The van der Waals surface area contributed by atoms with Crippen LogP contribution in [0.5, 0.6) is 0 Å². The average molecular weight is 206 g/mol. The molecule has 2 rings (SSSR count). The standard InChI is InChI=1S/C12H14OS/c1-9-6-7-14-12(9)10-4-2-3-5-11(13)8-10/h6-8H,2-5H2,1H3. The van der Waals surface area contributed by atoms with Gasteiger partial charge in [-0.2, -0.15) is 0 Å². The van der Waals surface area contributed by atoms with Crippen LogP contribution >= 0.6 is 11.3 Å². The Balaban J connectivity index is 2.33. The van der Waals surface area contributed by atoms with Crippen LogP contribution in [0.2, 0.25) is 0 Å². The molecular weight excluding hydrogens is 192 g/mol. The van der Waals surface area contributed by atoms with Crippen LogP contribution in [-0.4, -0.2) is 5.78 Å². The van der Waals surface area contributed by atoms with Gasteiger partial charge in [-0.3, -0.25) is 4.79 Å². The number of hydrogen-bond donors (Lipinski definition) is 0. The van der Waals surface area contributed by atoms with Gasteiger partial charge in [-0.15, -0.1) is 11.3 Å². The second-order valence-corrected chi connectivity index (χ2v) is 4.69. The number of allylic oxidation sites excluding steroid dienone is 2. The number of ketones is 1. The fourth-order valence-electron chi connectivity index (χ4n) is 1.83. The Hall–Kier alpha value is -0.890. The van der Waals surface area contributed by atoms with E-state index in [9.17, 15) is 4.79 Å². The fraction of sp³-hybridized carbons (Fsp3) is 0.417. The summed E-state index contributed by atoms with van der Waals surface area (Å²) in [4.78, 5) is 12.7. The molecule has 74 valence electrons. The largest absolute Gasteiger partial charge is 0.295 e. The quantitative estimate of drug-likeness (QED) is 0.686. The molecule has 0 aromatic carbocycles. The Morgan fingerprint density at radius 2 is 2.07 bits per heavy atom. The highest BCUT2D eigenvalue weighted by atomic mass is 32.1. The molecule has 1 aromatic rings. The first-order valence-corrected chi connectivity index (χ1v) is 5.93. The molecule has 1 aromatic heterocycles. The molecule has 0 bridgehead atoms. The van der Waals surface area contributed by atoms with Crippen LogP contribution in [0.3, 0.4) is 0 Å². The van der Waals surface area contributed by atoms with E-state index in [0.717, 1.165) is 25.7 Å². The van der Waals surface area contributed by atoms with E-state index in [-0.39, 0.29) is 0 Å². The second kappa shape index (κ2) is 4.09. The molecule has 0 aliphatic heterocycles. The number of thiophene rings is 1. The Bertz CT molecular complexity index is 373. The molecule has 0 saturated carbocycles. The van der Waals surface area contributed by atoms with Crippen molar-refractivity contribution in [3.8, 4) is 0 Å². The first kappa shape index (κ1) is 9.66. The minimum atomic E-state index is 0.297. The SMILES string of the molecule is Cc1ccsc1C1=CC(=O)CCCC1. The highest BCUT2D eigenvalue weighted by molar-refractivity contribution is 7.11. The van der Waals surface area contributed by atoms with Crippen LogP contribution in [0, 0.1) is 6.92 Å². The van der Waals surface area contributed by atoms with Crippen molar-refractivity contribution in [1.29, 1.82) is 0 Å². The number of carbonyl (C=O) groups excluding carboxylic acids is 1. The van der Waals surface area contributed by atoms with Gasteiger partial charge in [-0.1, -0.05) is 0 Å². The zero-order chi connectivity index (χ0) is 9.97. The van der Waals surface area contributed by atoms with Crippen LogP contribution in [0.15, 0.2) is 17.5 Å². The van der Waals surface area contributed by atoms with Gasteiger partial charge in [-0.05, 0) is 54.8 Å². The van der Waals surface area contributed by atoms with Gasteiger partial charge >= 0.3 is 0 Å². The number of carbonyl (C=O) groups is 1. The predicted molar refractivity (Wildman–Crippen MR) is 60.5 cm³/mol. The normalized spacial score (nSPS) is 17.8. The first-order valence-electron chi connectivity index (χ1n) is 5.05. The van der Waals surface area contributed by atoms with Gasteiger partial charge in [0, 0.05) is 11.3 Å². The van der Waals surface area contributed by atoms with Crippen molar-refractivity contribution in [2.45, 2.75) is 32.6 Å². The van der Waals surface area contributed by atoms with E-state index in [1.807, 2.05) is 6.08 Å². The molecule has 0 atom stereocenters.